The number of hydrogen-bond acceptors (Lipinski definition) is 5. The number of nitrogens with zero attached hydrogens (tertiary/aromatic N) is 2. The molecule has 1 saturated heterocycles. The molecule has 1 amide bonds. The highest BCUT2D eigenvalue weighted by atomic mass is 35.5. The first-order valence-corrected chi connectivity index (χ1v) is 17.0. The minimum absolute atomic E-state index is 0.0644. The summed E-state index contributed by atoms with van der Waals surface area (Å²) >= 11 is 12.3. The van der Waals surface area contributed by atoms with E-state index in [1.54, 1.807) is 4.90 Å². The van der Waals surface area contributed by atoms with Gasteiger partial charge in [-0.15, -0.1) is 0 Å². The lowest BCUT2D eigenvalue weighted by molar-refractivity contribution is -0.144. The highest BCUT2D eigenvalue weighted by Gasteiger charge is 2.39. The molecule has 43 heavy (non-hydrogen) atoms. The molecule has 1 aliphatic carbocycles. The maximum Gasteiger partial charge on any atom is 0.248 e. The average molecular weight is 646 g/mol. The summed E-state index contributed by atoms with van der Waals surface area (Å²) in [4.78, 5) is 15.0. The molecule has 10 heteroatoms. The average Bonchev–Trinajstić information content (AvgIpc) is 3.01. The summed E-state index contributed by atoms with van der Waals surface area (Å²) in [5.74, 6) is -0.145. The molecule has 2 fully saturated rings. The number of rotatable bonds is 10. The van der Waals surface area contributed by atoms with E-state index in [0.717, 1.165) is 24.0 Å². The van der Waals surface area contributed by atoms with Gasteiger partial charge in [0.15, 0.2) is 0 Å². The van der Waals surface area contributed by atoms with Crippen LogP contribution in [-0.2, 0) is 32.5 Å². The molecule has 3 aromatic rings. The van der Waals surface area contributed by atoms with Crippen LogP contribution in [0.4, 0.5) is 0 Å². The molecule has 3 aromatic carbocycles. The zero-order valence-corrected chi connectivity index (χ0v) is 26.4. The van der Waals surface area contributed by atoms with Crippen molar-refractivity contribution in [3.63, 3.8) is 0 Å². The minimum Gasteiger partial charge on any atom is -0.389 e. The Bertz CT molecular complexity index is 1480. The Morgan fingerprint density at radius 3 is 2.19 bits per heavy atom. The molecular formula is C33H38Cl2N2O5S. The van der Waals surface area contributed by atoms with Crippen molar-refractivity contribution in [1.29, 1.82) is 0 Å². The number of carbonyl (C=O) groups is 1. The topological polar surface area (TPSA) is 87.2 Å². The van der Waals surface area contributed by atoms with Crippen molar-refractivity contribution >= 4 is 39.1 Å². The molecule has 7 nitrogen and oxygen atoms in total. The number of piperidine rings is 1. The van der Waals surface area contributed by atoms with Crippen molar-refractivity contribution in [3.05, 3.63) is 100 Å². The number of benzene rings is 3. The Kier molecular flexibility index (Phi) is 10.5. The third-order valence-corrected chi connectivity index (χ3v) is 11.2. The number of carbonyl (C=O) groups excluding carboxylic acids is 1. The molecule has 230 valence electrons. The van der Waals surface area contributed by atoms with E-state index in [2.05, 4.69) is 0 Å². The molecule has 0 aromatic heterocycles. The molecule has 1 saturated carbocycles. The van der Waals surface area contributed by atoms with Crippen molar-refractivity contribution in [2.45, 2.75) is 74.1 Å². The van der Waals surface area contributed by atoms with Gasteiger partial charge in [0.25, 0.3) is 0 Å². The summed E-state index contributed by atoms with van der Waals surface area (Å²) in [5.41, 5.74) is 1.08. The van der Waals surface area contributed by atoms with Gasteiger partial charge < -0.3 is 14.7 Å². The molecule has 2 unspecified atom stereocenters. The Morgan fingerprint density at radius 2 is 1.53 bits per heavy atom. The zero-order chi connectivity index (χ0) is 30.5. The summed E-state index contributed by atoms with van der Waals surface area (Å²) in [7, 11) is -3.98. The lowest BCUT2D eigenvalue weighted by atomic mass is 9.85. The van der Waals surface area contributed by atoms with Crippen LogP contribution >= 0.6 is 23.2 Å². The summed E-state index contributed by atoms with van der Waals surface area (Å²) < 4.78 is 35.9. The fourth-order valence-electron chi connectivity index (χ4n) is 6.11. The minimum atomic E-state index is -3.98. The quantitative estimate of drug-likeness (QED) is 0.288. The first-order valence-electron chi connectivity index (χ1n) is 14.8. The van der Waals surface area contributed by atoms with Crippen molar-refractivity contribution in [1.82, 2.24) is 9.21 Å². The van der Waals surface area contributed by atoms with Crippen LogP contribution in [0.5, 0.6) is 0 Å². The molecule has 1 N–H and O–H groups in total. The van der Waals surface area contributed by atoms with Gasteiger partial charge in [0.1, 0.15) is 6.61 Å². The fraction of sp³-hybridized carbons (Fsp3) is 0.424. The van der Waals surface area contributed by atoms with E-state index < -0.39 is 27.8 Å². The molecule has 5 rings (SSSR count). The van der Waals surface area contributed by atoms with Crippen LogP contribution in [0.3, 0.4) is 0 Å². The fourth-order valence-corrected chi connectivity index (χ4v) is 8.17. The van der Waals surface area contributed by atoms with Gasteiger partial charge in [-0.1, -0.05) is 96.7 Å². The van der Waals surface area contributed by atoms with Crippen molar-refractivity contribution < 1.29 is 23.1 Å². The monoisotopic (exact) mass is 644 g/mol. The van der Waals surface area contributed by atoms with E-state index in [1.807, 2.05) is 60.7 Å². The maximum absolute atomic E-state index is 14.1. The second kappa shape index (κ2) is 14.1. The van der Waals surface area contributed by atoms with Gasteiger partial charge in [-0.3, -0.25) is 4.79 Å². The normalized spacial score (nSPS) is 20.7. The lowest BCUT2D eigenvalue weighted by Crippen LogP contribution is -2.51. The van der Waals surface area contributed by atoms with E-state index in [4.69, 9.17) is 27.9 Å². The Balaban J connectivity index is 1.28. The molecular weight excluding hydrogens is 607 g/mol. The molecule has 0 bridgehead atoms. The van der Waals surface area contributed by atoms with Gasteiger partial charge in [0, 0.05) is 26.1 Å². The number of hydrogen-bond donors (Lipinski definition) is 1. The summed E-state index contributed by atoms with van der Waals surface area (Å²) in [6, 6.07) is 23.2. The van der Waals surface area contributed by atoms with Gasteiger partial charge >= 0.3 is 0 Å². The van der Waals surface area contributed by atoms with Crippen LogP contribution in [0.1, 0.15) is 49.7 Å². The van der Waals surface area contributed by atoms with E-state index in [9.17, 15) is 18.3 Å². The maximum atomic E-state index is 14.1. The van der Waals surface area contributed by atoms with E-state index in [1.165, 1.54) is 22.5 Å². The van der Waals surface area contributed by atoms with Gasteiger partial charge in [0.2, 0.25) is 15.9 Å². The Morgan fingerprint density at radius 1 is 0.907 bits per heavy atom. The molecule has 1 aliphatic heterocycles. The van der Waals surface area contributed by atoms with Gasteiger partial charge in [0.05, 0.1) is 32.7 Å². The predicted octanol–water partition coefficient (Wildman–Crippen LogP) is 6.11. The highest BCUT2D eigenvalue weighted by molar-refractivity contribution is 7.89. The number of sulfonamides is 1. The van der Waals surface area contributed by atoms with Gasteiger partial charge in [-0.2, -0.15) is 4.31 Å². The zero-order valence-electron chi connectivity index (χ0n) is 24.1. The van der Waals surface area contributed by atoms with Gasteiger partial charge in [-0.05, 0) is 55.0 Å². The van der Waals surface area contributed by atoms with Crippen LogP contribution in [-0.4, -0.2) is 66.1 Å². The Hall–Kier alpha value is -2.46. The predicted molar refractivity (Wildman–Crippen MR) is 169 cm³/mol. The SMILES string of the molecule is O=C(COC1CCCCC1N(Cc1ccccc1)S(=O)(=O)c1ccc(Cl)c(Cl)c1)N1CCC(O)(Cc2ccccc2)CC1. The highest BCUT2D eigenvalue weighted by Crippen LogP contribution is 2.34. The number of likely N-dealkylation sites (tertiary alicyclic amines) is 1. The van der Waals surface area contributed by atoms with Crippen molar-refractivity contribution in [3.8, 4) is 0 Å². The third-order valence-electron chi connectivity index (χ3n) is 8.56. The van der Waals surface area contributed by atoms with E-state index in [-0.39, 0.29) is 34.0 Å². The van der Waals surface area contributed by atoms with Crippen molar-refractivity contribution in [2.75, 3.05) is 19.7 Å². The molecule has 1 heterocycles. The largest absolute Gasteiger partial charge is 0.389 e. The summed E-state index contributed by atoms with van der Waals surface area (Å²) in [6.07, 6.45) is 4.10. The first-order chi connectivity index (χ1) is 20.6. The number of aliphatic hydroxyl groups is 1. The third kappa shape index (κ3) is 7.98. The second-order valence-electron chi connectivity index (χ2n) is 11.6. The van der Waals surface area contributed by atoms with Crippen LogP contribution < -0.4 is 0 Å². The number of halogens is 2. The van der Waals surface area contributed by atoms with Crippen LogP contribution in [0.25, 0.3) is 0 Å². The van der Waals surface area contributed by atoms with Crippen LogP contribution in [0, 0.1) is 0 Å². The molecule has 2 aliphatic rings. The molecule has 0 radical (unpaired) electrons. The number of ether oxygens (including phenoxy) is 1. The first kappa shape index (κ1) is 31.9. The molecule has 0 spiro atoms. The van der Waals surface area contributed by atoms with Crippen LogP contribution in [0.15, 0.2) is 83.8 Å². The van der Waals surface area contributed by atoms with Crippen molar-refractivity contribution in [2.24, 2.45) is 0 Å². The van der Waals surface area contributed by atoms with E-state index >= 15 is 0 Å². The summed E-state index contributed by atoms with van der Waals surface area (Å²) in [6.45, 7) is 0.926. The standard InChI is InChI=1S/C33H38Cl2N2O5S/c34-28-16-15-27(21-29(28)35)43(40,41)37(23-26-11-5-2-6-12-26)30-13-7-8-14-31(30)42-24-32(38)36-19-17-33(39,18-20-36)22-25-9-3-1-4-10-25/h1-6,9-12,15-16,21,30-31,39H,7-8,13-14,17-20,22-24H2. The number of amides is 1. The van der Waals surface area contributed by atoms with Gasteiger partial charge in [-0.25, -0.2) is 8.42 Å². The smallest absolute Gasteiger partial charge is 0.248 e. The Labute approximate surface area is 264 Å². The molecule has 2 atom stereocenters. The van der Waals surface area contributed by atoms with Crippen LogP contribution in [0.2, 0.25) is 10.0 Å². The second-order valence-corrected chi connectivity index (χ2v) is 14.3. The lowest BCUT2D eigenvalue weighted by Gasteiger charge is -2.40. The summed E-state index contributed by atoms with van der Waals surface area (Å²) in [5, 5.41) is 11.6. The van der Waals surface area contributed by atoms with E-state index in [0.29, 0.717) is 45.2 Å².